The monoisotopic (exact) mass is 586 g/mol. The number of carbonyl (C=O) groups excluding carboxylic acids is 1. The zero-order valence-corrected chi connectivity index (χ0v) is 23.2. The number of rotatable bonds is 12. The summed E-state index contributed by atoms with van der Waals surface area (Å²) in [6.07, 6.45) is 0. The number of hydrogen-bond donors (Lipinski definition) is 1. The molecule has 7 nitrogen and oxygen atoms in total. The van der Waals surface area contributed by atoms with E-state index in [1.807, 2.05) is 0 Å². The van der Waals surface area contributed by atoms with Gasteiger partial charge in [-0.05, 0) is 42.0 Å². The second-order valence-electron chi connectivity index (χ2n) is 7.58. The van der Waals surface area contributed by atoms with Gasteiger partial charge in [-0.3, -0.25) is 9.10 Å². The van der Waals surface area contributed by atoms with Gasteiger partial charge in [-0.15, -0.1) is 0 Å². The number of thioether (sulfide) groups is 1. The summed E-state index contributed by atoms with van der Waals surface area (Å²) in [5.41, 5.74) is 0.545. The minimum Gasteiger partial charge on any atom is -0.493 e. The highest BCUT2D eigenvalue weighted by Gasteiger charge is 2.30. The first-order chi connectivity index (χ1) is 17.7. The molecule has 0 bridgehead atoms. The lowest BCUT2D eigenvalue weighted by atomic mass is 10.2. The van der Waals surface area contributed by atoms with Gasteiger partial charge in [0.15, 0.2) is 11.5 Å². The molecule has 0 saturated heterocycles. The van der Waals surface area contributed by atoms with E-state index in [4.69, 9.17) is 32.7 Å². The molecule has 3 aromatic carbocycles. The van der Waals surface area contributed by atoms with Gasteiger partial charge >= 0.3 is 0 Å². The van der Waals surface area contributed by atoms with Gasteiger partial charge in [0.2, 0.25) is 5.91 Å². The van der Waals surface area contributed by atoms with Crippen LogP contribution in [-0.2, 0) is 20.6 Å². The molecule has 0 atom stereocenters. The van der Waals surface area contributed by atoms with E-state index in [2.05, 4.69) is 5.32 Å². The predicted octanol–water partition coefficient (Wildman–Crippen LogP) is 5.39. The predicted molar refractivity (Wildman–Crippen MR) is 146 cm³/mol. The summed E-state index contributed by atoms with van der Waals surface area (Å²) in [5, 5.41) is 3.80. The summed E-state index contributed by atoms with van der Waals surface area (Å²) in [7, 11) is -1.56. The lowest BCUT2D eigenvalue weighted by molar-refractivity contribution is -0.119. The molecule has 0 fully saturated rings. The number of anilines is 1. The molecule has 1 amide bonds. The van der Waals surface area contributed by atoms with E-state index in [9.17, 15) is 17.6 Å². The molecular formula is C25H25Cl2FN2O5S2. The Balaban J connectivity index is 1.73. The van der Waals surface area contributed by atoms with Gasteiger partial charge in [0, 0.05) is 34.2 Å². The Bertz CT molecular complexity index is 1340. The molecule has 3 aromatic rings. The van der Waals surface area contributed by atoms with Crippen LogP contribution < -0.4 is 19.1 Å². The zero-order valence-electron chi connectivity index (χ0n) is 20.0. The van der Waals surface area contributed by atoms with Crippen molar-refractivity contribution >= 4 is 56.6 Å². The van der Waals surface area contributed by atoms with Gasteiger partial charge in [-0.1, -0.05) is 41.4 Å². The summed E-state index contributed by atoms with van der Waals surface area (Å²) in [4.78, 5) is 12.6. The third kappa shape index (κ3) is 7.22. The van der Waals surface area contributed by atoms with Gasteiger partial charge in [0.1, 0.15) is 12.4 Å². The number of carbonyl (C=O) groups is 1. The minimum absolute atomic E-state index is 0.178. The Hall–Kier alpha value is -2.66. The number of halogens is 3. The second-order valence-corrected chi connectivity index (χ2v) is 11.4. The highest BCUT2D eigenvalue weighted by molar-refractivity contribution is 7.98. The van der Waals surface area contributed by atoms with Crippen molar-refractivity contribution in [2.75, 3.05) is 37.4 Å². The maximum absolute atomic E-state index is 14.7. The molecule has 3 rings (SSSR count). The van der Waals surface area contributed by atoms with Crippen LogP contribution in [0.1, 0.15) is 5.56 Å². The second kappa shape index (κ2) is 13.2. The average molecular weight is 588 g/mol. The summed E-state index contributed by atoms with van der Waals surface area (Å²) < 4.78 is 52.9. The van der Waals surface area contributed by atoms with Crippen LogP contribution in [0.15, 0.2) is 65.6 Å². The Labute approximate surface area is 229 Å². The molecule has 0 spiro atoms. The normalized spacial score (nSPS) is 11.2. The molecule has 0 aliphatic rings. The van der Waals surface area contributed by atoms with Gasteiger partial charge < -0.3 is 14.8 Å². The quantitative estimate of drug-likeness (QED) is 0.286. The fraction of sp³-hybridized carbons (Fsp3) is 0.240. The number of benzene rings is 3. The first-order valence-corrected chi connectivity index (χ1v) is 14.3. The smallest absolute Gasteiger partial charge is 0.265 e. The molecule has 198 valence electrons. The van der Waals surface area contributed by atoms with Crippen molar-refractivity contribution < 1.29 is 27.1 Å². The van der Waals surface area contributed by atoms with E-state index in [0.29, 0.717) is 27.3 Å². The van der Waals surface area contributed by atoms with Gasteiger partial charge in [-0.25, -0.2) is 12.8 Å². The molecule has 37 heavy (non-hydrogen) atoms. The maximum Gasteiger partial charge on any atom is 0.265 e. The molecule has 0 aromatic heterocycles. The van der Waals surface area contributed by atoms with Crippen LogP contribution in [0.3, 0.4) is 0 Å². The number of para-hydroxylation sites is 1. The third-order valence-electron chi connectivity index (χ3n) is 5.23. The topological polar surface area (TPSA) is 84.9 Å². The van der Waals surface area contributed by atoms with Crippen LogP contribution in [0.25, 0.3) is 0 Å². The van der Waals surface area contributed by atoms with Crippen molar-refractivity contribution in [3.05, 3.63) is 82.1 Å². The number of hydrogen-bond acceptors (Lipinski definition) is 6. The van der Waals surface area contributed by atoms with Crippen molar-refractivity contribution in [3.63, 3.8) is 0 Å². The maximum atomic E-state index is 14.7. The van der Waals surface area contributed by atoms with Crippen LogP contribution in [0.5, 0.6) is 11.5 Å². The van der Waals surface area contributed by atoms with Crippen LogP contribution in [0.4, 0.5) is 10.1 Å². The largest absolute Gasteiger partial charge is 0.493 e. The summed E-state index contributed by atoms with van der Waals surface area (Å²) in [5.74, 6) is 0.193. The highest BCUT2D eigenvalue weighted by Crippen LogP contribution is 2.33. The lowest BCUT2D eigenvalue weighted by Crippen LogP contribution is -2.41. The van der Waals surface area contributed by atoms with Crippen LogP contribution >= 0.6 is 35.0 Å². The molecule has 0 unspecified atom stereocenters. The number of methoxy groups -OCH3 is 2. The van der Waals surface area contributed by atoms with E-state index < -0.39 is 28.3 Å². The van der Waals surface area contributed by atoms with Crippen LogP contribution in [0.2, 0.25) is 10.0 Å². The Kier molecular flexibility index (Phi) is 10.3. The fourth-order valence-corrected chi connectivity index (χ4v) is 6.39. The SMILES string of the molecule is COc1ccc(S(=O)(=O)N(CC(=O)NCCSCc2c(Cl)cccc2Cl)c2ccccc2F)cc1OC. The van der Waals surface area contributed by atoms with Crippen molar-refractivity contribution in [3.8, 4) is 11.5 Å². The number of nitrogens with one attached hydrogen (secondary N) is 1. The Morgan fingerprint density at radius 1 is 1.00 bits per heavy atom. The summed E-state index contributed by atoms with van der Waals surface area (Å²) >= 11 is 13.9. The number of amides is 1. The molecular weight excluding hydrogens is 562 g/mol. The van der Waals surface area contributed by atoms with Crippen molar-refractivity contribution in [1.82, 2.24) is 5.32 Å². The fourth-order valence-electron chi connectivity index (χ4n) is 3.35. The first-order valence-electron chi connectivity index (χ1n) is 11.0. The van der Waals surface area contributed by atoms with Crippen molar-refractivity contribution in [2.45, 2.75) is 10.6 Å². The minimum atomic E-state index is -4.35. The molecule has 0 aliphatic carbocycles. The molecule has 0 radical (unpaired) electrons. The average Bonchev–Trinajstić information content (AvgIpc) is 2.88. The number of ether oxygens (including phenoxy) is 2. The highest BCUT2D eigenvalue weighted by atomic mass is 35.5. The first kappa shape index (κ1) is 28.9. The Morgan fingerprint density at radius 2 is 1.68 bits per heavy atom. The van der Waals surface area contributed by atoms with E-state index in [1.165, 1.54) is 62.4 Å². The van der Waals surface area contributed by atoms with Crippen LogP contribution in [0, 0.1) is 5.82 Å². The van der Waals surface area contributed by atoms with Gasteiger partial charge in [0.05, 0.1) is 24.8 Å². The van der Waals surface area contributed by atoms with Crippen molar-refractivity contribution in [2.24, 2.45) is 0 Å². The van der Waals surface area contributed by atoms with E-state index in [0.717, 1.165) is 15.9 Å². The molecule has 0 heterocycles. The summed E-state index contributed by atoms with van der Waals surface area (Å²) in [6.45, 7) is -0.369. The molecule has 1 N–H and O–H groups in total. The lowest BCUT2D eigenvalue weighted by Gasteiger charge is -2.25. The Morgan fingerprint density at radius 3 is 2.32 bits per heavy atom. The standard InChI is InChI=1S/C25H25Cl2FN2O5S2/c1-34-23-11-10-17(14-24(23)35-2)37(32,33)30(22-9-4-3-8-21(22)28)15-25(31)29-12-13-36-16-18-19(26)6-5-7-20(18)27/h3-11,14H,12-13,15-16H2,1-2H3,(H,29,31). The summed E-state index contributed by atoms with van der Waals surface area (Å²) in [6, 6.07) is 14.6. The van der Waals surface area contributed by atoms with Crippen LogP contribution in [-0.4, -0.2) is 47.4 Å². The van der Waals surface area contributed by atoms with Gasteiger partial charge in [-0.2, -0.15) is 11.8 Å². The van der Waals surface area contributed by atoms with E-state index in [1.54, 1.807) is 18.2 Å². The third-order valence-corrected chi connectivity index (χ3v) is 8.68. The molecule has 12 heteroatoms. The van der Waals surface area contributed by atoms with E-state index >= 15 is 0 Å². The van der Waals surface area contributed by atoms with E-state index in [-0.39, 0.29) is 22.9 Å². The number of sulfonamides is 1. The zero-order chi connectivity index (χ0) is 27.0. The van der Waals surface area contributed by atoms with Crippen molar-refractivity contribution in [1.29, 1.82) is 0 Å². The molecule has 0 saturated carbocycles. The molecule has 0 aliphatic heterocycles. The van der Waals surface area contributed by atoms with Gasteiger partial charge in [0.25, 0.3) is 10.0 Å². The number of nitrogens with zero attached hydrogens (tertiary/aromatic N) is 1.